The van der Waals surface area contributed by atoms with E-state index in [1.165, 1.54) is 0 Å². The third-order valence-electron chi connectivity index (χ3n) is 4.26. The Hall–Kier alpha value is -1.27. The van der Waals surface area contributed by atoms with Crippen molar-refractivity contribution >= 4 is 22.4 Å². The first-order valence-corrected chi connectivity index (χ1v) is 7.80. The first-order chi connectivity index (χ1) is 10.0. The molecular weight excluding hydrogens is 338 g/mol. The fourth-order valence-corrected chi connectivity index (χ4v) is 3.48. The van der Waals surface area contributed by atoms with Gasteiger partial charge < -0.3 is 19.5 Å². The zero-order valence-electron chi connectivity index (χ0n) is 12.1. The maximum absolute atomic E-state index is 10.4. The molecule has 21 heavy (non-hydrogen) atoms. The smallest absolute Gasteiger partial charge is 0.293 e. The highest BCUT2D eigenvalue weighted by Crippen LogP contribution is 2.50. The highest BCUT2D eigenvalue weighted by atomic mass is 79.9. The summed E-state index contributed by atoms with van der Waals surface area (Å²) in [6.07, 6.45) is 1.03. The first kappa shape index (κ1) is 14.7. The Morgan fingerprint density at radius 1 is 1.52 bits per heavy atom. The van der Waals surface area contributed by atoms with Crippen molar-refractivity contribution in [3.8, 4) is 11.5 Å². The van der Waals surface area contributed by atoms with Gasteiger partial charge in [0.25, 0.3) is 12.3 Å². The average molecular weight is 356 g/mol. The Morgan fingerprint density at radius 3 is 2.95 bits per heavy atom. The van der Waals surface area contributed by atoms with Crippen LogP contribution in [0.25, 0.3) is 0 Å². The fraction of sp³-hybridized carbons (Fsp3) is 0.533. The van der Waals surface area contributed by atoms with Crippen molar-refractivity contribution < 1.29 is 19.0 Å². The highest BCUT2D eigenvalue weighted by molar-refractivity contribution is 9.10. The summed E-state index contributed by atoms with van der Waals surface area (Å²) in [5, 5.41) is 3.34. The number of hydrogen-bond acceptors (Lipinski definition) is 5. The molecule has 1 N–H and O–H groups in total. The van der Waals surface area contributed by atoms with Crippen molar-refractivity contribution in [2.24, 2.45) is 5.92 Å². The second-order valence-corrected chi connectivity index (χ2v) is 6.47. The summed E-state index contributed by atoms with van der Waals surface area (Å²) < 4.78 is 18.0. The number of hydrogen-bond donors (Lipinski definition) is 1. The molecule has 3 rings (SSSR count). The summed E-state index contributed by atoms with van der Waals surface area (Å²) in [6.45, 7) is 6.50. The van der Waals surface area contributed by atoms with Crippen LogP contribution in [0, 0.1) is 12.8 Å². The number of carbonyl (C=O) groups is 1. The predicted octanol–water partition coefficient (Wildman–Crippen LogP) is 2.53. The SMILES string of the molecule is Cc1c(COC=O)cc(Br)c2c1OC(C)(C1CCNC1)O2. The minimum Gasteiger partial charge on any atom is -0.463 e. The number of halogens is 1. The average Bonchev–Trinajstić information content (AvgIpc) is 3.09. The number of ether oxygens (including phenoxy) is 3. The van der Waals surface area contributed by atoms with Crippen LogP contribution in [0.5, 0.6) is 11.5 Å². The molecule has 2 unspecified atom stereocenters. The normalized spacial score (nSPS) is 26.9. The molecule has 1 fully saturated rings. The lowest BCUT2D eigenvalue weighted by atomic mass is 9.99. The van der Waals surface area contributed by atoms with Gasteiger partial charge in [-0.1, -0.05) is 0 Å². The molecular formula is C15H18BrNO4. The molecule has 2 atom stereocenters. The van der Waals surface area contributed by atoms with Crippen molar-refractivity contribution in [1.82, 2.24) is 5.32 Å². The number of nitrogens with one attached hydrogen (secondary N) is 1. The molecule has 2 aliphatic rings. The van der Waals surface area contributed by atoms with Gasteiger partial charge in [-0.3, -0.25) is 4.79 Å². The van der Waals surface area contributed by atoms with Gasteiger partial charge in [0.2, 0.25) is 0 Å². The maximum Gasteiger partial charge on any atom is 0.293 e. The number of carbonyl (C=O) groups excluding carboxylic acids is 1. The van der Waals surface area contributed by atoms with Crippen molar-refractivity contribution in [1.29, 1.82) is 0 Å². The molecule has 6 heteroatoms. The van der Waals surface area contributed by atoms with Gasteiger partial charge in [-0.05, 0) is 47.4 Å². The Kier molecular flexibility index (Phi) is 3.84. The van der Waals surface area contributed by atoms with Crippen LogP contribution in [0.2, 0.25) is 0 Å². The van der Waals surface area contributed by atoms with Crippen LogP contribution in [0.1, 0.15) is 24.5 Å². The van der Waals surface area contributed by atoms with Crippen molar-refractivity contribution in [2.75, 3.05) is 13.1 Å². The monoisotopic (exact) mass is 355 g/mol. The van der Waals surface area contributed by atoms with Gasteiger partial charge in [-0.15, -0.1) is 0 Å². The molecule has 5 nitrogen and oxygen atoms in total. The molecule has 0 radical (unpaired) electrons. The number of rotatable bonds is 4. The Bertz CT molecular complexity index is 571. The summed E-state index contributed by atoms with van der Waals surface area (Å²) in [4.78, 5) is 10.4. The van der Waals surface area contributed by atoms with E-state index < -0.39 is 5.79 Å². The lowest BCUT2D eigenvalue weighted by molar-refractivity contribution is -0.129. The quantitative estimate of drug-likeness (QED) is 0.841. The third kappa shape index (κ3) is 2.51. The topological polar surface area (TPSA) is 56.8 Å². The largest absolute Gasteiger partial charge is 0.463 e. The van der Waals surface area contributed by atoms with Gasteiger partial charge in [-0.2, -0.15) is 0 Å². The van der Waals surface area contributed by atoms with E-state index >= 15 is 0 Å². The number of benzene rings is 1. The van der Waals surface area contributed by atoms with Crippen LogP contribution in [-0.2, 0) is 16.1 Å². The summed E-state index contributed by atoms with van der Waals surface area (Å²) in [5.41, 5.74) is 1.86. The Labute approximate surface area is 132 Å². The van der Waals surface area contributed by atoms with E-state index in [1.807, 2.05) is 19.9 Å². The van der Waals surface area contributed by atoms with E-state index in [2.05, 4.69) is 21.2 Å². The zero-order valence-corrected chi connectivity index (χ0v) is 13.7. The van der Waals surface area contributed by atoms with Crippen LogP contribution in [0.3, 0.4) is 0 Å². The molecule has 2 aliphatic heterocycles. The van der Waals surface area contributed by atoms with Gasteiger partial charge in [0.05, 0.1) is 4.47 Å². The van der Waals surface area contributed by atoms with Crippen molar-refractivity contribution in [2.45, 2.75) is 32.7 Å². The highest BCUT2D eigenvalue weighted by Gasteiger charge is 2.46. The van der Waals surface area contributed by atoms with E-state index in [1.54, 1.807) is 0 Å². The summed E-state index contributed by atoms with van der Waals surface area (Å²) in [5.74, 6) is 1.13. The molecule has 0 spiro atoms. The van der Waals surface area contributed by atoms with Gasteiger partial charge in [0, 0.05) is 24.9 Å². The van der Waals surface area contributed by atoms with Crippen LogP contribution in [0.4, 0.5) is 0 Å². The van der Waals surface area contributed by atoms with Crippen LogP contribution in [-0.4, -0.2) is 25.3 Å². The van der Waals surface area contributed by atoms with Crippen LogP contribution in [0.15, 0.2) is 10.5 Å². The predicted molar refractivity (Wildman–Crippen MR) is 80.4 cm³/mol. The van der Waals surface area contributed by atoms with Crippen molar-refractivity contribution in [3.63, 3.8) is 0 Å². The van der Waals surface area contributed by atoms with Crippen LogP contribution >= 0.6 is 15.9 Å². The first-order valence-electron chi connectivity index (χ1n) is 7.01. The van der Waals surface area contributed by atoms with Gasteiger partial charge in [0.1, 0.15) is 6.61 Å². The third-order valence-corrected chi connectivity index (χ3v) is 4.85. The van der Waals surface area contributed by atoms with E-state index in [0.29, 0.717) is 12.4 Å². The Balaban J connectivity index is 1.93. The molecule has 1 aromatic rings. The number of fused-ring (bicyclic) bond motifs is 1. The van der Waals surface area contributed by atoms with Crippen molar-refractivity contribution in [3.05, 3.63) is 21.7 Å². The summed E-state index contributed by atoms with van der Waals surface area (Å²) in [6, 6.07) is 1.92. The standard InChI is InChI=1S/C15H18BrNO4/c1-9-10(7-19-8-18)5-12(16)14-13(9)20-15(2,21-14)11-3-4-17-6-11/h5,8,11,17H,3-4,6-7H2,1-2H3. The molecule has 0 aromatic heterocycles. The van der Waals surface area contributed by atoms with E-state index in [4.69, 9.17) is 14.2 Å². The van der Waals surface area contributed by atoms with E-state index in [-0.39, 0.29) is 6.61 Å². The summed E-state index contributed by atoms with van der Waals surface area (Å²) >= 11 is 3.52. The second kappa shape index (κ2) is 5.50. The van der Waals surface area contributed by atoms with Gasteiger partial charge >= 0.3 is 0 Å². The summed E-state index contributed by atoms with van der Waals surface area (Å²) in [7, 11) is 0. The fourth-order valence-electron chi connectivity index (χ4n) is 2.94. The molecule has 1 saturated heterocycles. The molecule has 1 aromatic carbocycles. The van der Waals surface area contributed by atoms with E-state index in [0.717, 1.165) is 46.6 Å². The van der Waals surface area contributed by atoms with Gasteiger partial charge in [0.15, 0.2) is 11.5 Å². The molecule has 2 heterocycles. The van der Waals surface area contributed by atoms with Gasteiger partial charge in [-0.25, -0.2) is 0 Å². The molecule has 0 bridgehead atoms. The van der Waals surface area contributed by atoms with E-state index in [9.17, 15) is 4.79 Å². The van der Waals surface area contributed by atoms with Crippen LogP contribution < -0.4 is 14.8 Å². The molecule has 114 valence electrons. The molecule has 0 saturated carbocycles. The lowest BCUT2D eigenvalue weighted by Gasteiger charge is -2.29. The molecule has 0 amide bonds. The Morgan fingerprint density at radius 2 is 2.29 bits per heavy atom. The molecule has 0 aliphatic carbocycles. The zero-order chi connectivity index (χ0) is 15.0. The maximum atomic E-state index is 10.4. The second-order valence-electron chi connectivity index (χ2n) is 5.62. The minimum atomic E-state index is -0.650. The lowest BCUT2D eigenvalue weighted by Crippen LogP contribution is -2.44. The minimum absolute atomic E-state index is 0.228.